The van der Waals surface area contributed by atoms with Crippen LogP contribution in [0.2, 0.25) is 0 Å². The molecule has 0 aromatic heterocycles. The van der Waals surface area contributed by atoms with Gasteiger partial charge in [-0.05, 0) is 30.2 Å². The van der Waals surface area contributed by atoms with Crippen LogP contribution in [-0.2, 0) is 16.1 Å². The molecule has 0 aliphatic carbocycles. The number of hydrogen-bond acceptors (Lipinski definition) is 3. The van der Waals surface area contributed by atoms with E-state index in [0.717, 1.165) is 11.1 Å². The summed E-state index contributed by atoms with van der Waals surface area (Å²) in [5.74, 6) is -0.225. The van der Waals surface area contributed by atoms with E-state index in [1.165, 1.54) is 4.90 Å². The first kappa shape index (κ1) is 11.3. The molecular weight excluding hydrogens is 216 g/mol. The summed E-state index contributed by atoms with van der Waals surface area (Å²) in [6.07, 6.45) is 0.627. The third kappa shape index (κ3) is 2.18. The lowest BCUT2D eigenvalue weighted by Gasteiger charge is -2.15. The van der Waals surface area contributed by atoms with Gasteiger partial charge in [-0.3, -0.25) is 14.5 Å². The second-order valence-corrected chi connectivity index (χ2v) is 4.13. The first-order valence-electron chi connectivity index (χ1n) is 5.44. The van der Waals surface area contributed by atoms with Gasteiger partial charge in [0, 0.05) is 12.8 Å². The van der Waals surface area contributed by atoms with Crippen LogP contribution >= 0.6 is 0 Å². The number of imide groups is 1. The number of nitriles is 1. The number of benzene rings is 1. The van der Waals surface area contributed by atoms with Crippen LogP contribution in [0.25, 0.3) is 0 Å². The van der Waals surface area contributed by atoms with Crippen molar-refractivity contribution in [3.05, 3.63) is 34.9 Å². The Bertz CT molecular complexity index is 513. The fraction of sp³-hybridized carbons (Fsp3) is 0.308. The van der Waals surface area contributed by atoms with Crippen molar-refractivity contribution < 1.29 is 9.59 Å². The van der Waals surface area contributed by atoms with Crippen molar-refractivity contribution in [2.24, 2.45) is 0 Å². The summed E-state index contributed by atoms with van der Waals surface area (Å²) >= 11 is 0. The third-order valence-electron chi connectivity index (χ3n) is 2.95. The van der Waals surface area contributed by atoms with Gasteiger partial charge in [0.25, 0.3) is 0 Å². The predicted octanol–water partition coefficient (Wildman–Crippen LogP) is 1.52. The van der Waals surface area contributed by atoms with Gasteiger partial charge >= 0.3 is 0 Å². The summed E-state index contributed by atoms with van der Waals surface area (Å²) in [6.45, 7) is 2.19. The zero-order chi connectivity index (χ0) is 12.4. The van der Waals surface area contributed by atoms with Crippen molar-refractivity contribution in [1.82, 2.24) is 4.90 Å². The normalized spacial score (nSPS) is 15.2. The van der Waals surface area contributed by atoms with Crippen molar-refractivity contribution >= 4 is 11.8 Å². The predicted molar refractivity (Wildman–Crippen MR) is 60.7 cm³/mol. The highest BCUT2D eigenvalue weighted by molar-refractivity contribution is 6.01. The Labute approximate surface area is 99.5 Å². The molecule has 0 spiro atoms. The van der Waals surface area contributed by atoms with Gasteiger partial charge in [-0.2, -0.15) is 5.26 Å². The van der Waals surface area contributed by atoms with Crippen molar-refractivity contribution in [1.29, 1.82) is 5.26 Å². The van der Waals surface area contributed by atoms with E-state index >= 15 is 0 Å². The van der Waals surface area contributed by atoms with Gasteiger partial charge in [-0.15, -0.1) is 0 Å². The molecule has 17 heavy (non-hydrogen) atoms. The van der Waals surface area contributed by atoms with Gasteiger partial charge in [0.15, 0.2) is 0 Å². The monoisotopic (exact) mass is 228 g/mol. The minimum atomic E-state index is -0.112. The molecule has 0 bridgehead atoms. The summed E-state index contributed by atoms with van der Waals surface area (Å²) < 4.78 is 0. The highest BCUT2D eigenvalue weighted by Crippen LogP contribution is 2.18. The van der Waals surface area contributed by atoms with E-state index in [0.29, 0.717) is 24.9 Å². The number of amides is 2. The Morgan fingerprint density at radius 1 is 1.29 bits per heavy atom. The van der Waals surface area contributed by atoms with Crippen LogP contribution < -0.4 is 0 Å². The number of likely N-dealkylation sites (tertiary alicyclic amines) is 1. The van der Waals surface area contributed by atoms with Crippen LogP contribution in [0.5, 0.6) is 0 Å². The summed E-state index contributed by atoms with van der Waals surface area (Å²) in [4.78, 5) is 24.2. The molecule has 0 radical (unpaired) electrons. The molecule has 86 valence electrons. The van der Waals surface area contributed by atoms with Crippen LogP contribution in [-0.4, -0.2) is 16.7 Å². The quantitative estimate of drug-likeness (QED) is 0.721. The van der Waals surface area contributed by atoms with Crippen LogP contribution in [0.1, 0.15) is 29.5 Å². The smallest absolute Gasteiger partial charge is 0.229 e. The molecule has 0 atom stereocenters. The third-order valence-corrected chi connectivity index (χ3v) is 2.95. The molecule has 2 rings (SSSR count). The lowest BCUT2D eigenvalue weighted by Crippen LogP contribution is -2.28. The minimum absolute atomic E-state index is 0.112. The van der Waals surface area contributed by atoms with Gasteiger partial charge in [0.1, 0.15) is 0 Å². The highest BCUT2D eigenvalue weighted by Gasteiger charge is 2.28. The van der Waals surface area contributed by atoms with Crippen LogP contribution in [0.3, 0.4) is 0 Å². The van der Waals surface area contributed by atoms with Crippen molar-refractivity contribution in [3.63, 3.8) is 0 Å². The molecule has 1 fully saturated rings. The zero-order valence-electron chi connectivity index (χ0n) is 9.56. The summed E-state index contributed by atoms with van der Waals surface area (Å²) in [7, 11) is 0. The fourth-order valence-electron chi connectivity index (χ4n) is 1.91. The van der Waals surface area contributed by atoms with Crippen molar-refractivity contribution in [2.45, 2.75) is 26.3 Å². The molecule has 1 aromatic rings. The molecule has 0 saturated carbocycles. The molecule has 4 heteroatoms. The molecule has 1 aromatic carbocycles. The molecule has 1 aliphatic heterocycles. The van der Waals surface area contributed by atoms with Crippen LogP contribution in [0.15, 0.2) is 18.2 Å². The fourth-order valence-corrected chi connectivity index (χ4v) is 1.91. The second-order valence-electron chi connectivity index (χ2n) is 4.13. The van der Waals surface area contributed by atoms with Crippen molar-refractivity contribution in [2.75, 3.05) is 0 Å². The Morgan fingerprint density at radius 3 is 2.47 bits per heavy atom. The number of rotatable bonds is 2. The average Bonchev–Trinajstić information content (AvgIpc) is 2.63. The minimum Gasteiger partial charge on any atom is -0.278 e. The maximum absolute atomic E-state index is 11.5. The average molecular weight is 228 g/mol. The van der Waals surface area contributed by atoms with Gasteiger partial charge in [-0.25, -0.2) is 0 Å². The van der Waals surface area contributed by atoms with Crippen LogP contribution in [0, 0.1) is 18.3 Å². The van der Waals surface area contributed by atoms with E-state index in [2.05, 4.69) is 6.07 Å². The first-order valence-corrected chi connectivity index (χ1v) is 5.44. The van der Waals surface area contributed by atoms with Gasteiger partial charge in [-0.1, -0.05) is 6.07 Å². The van der Waals surface area contributed by atoms with E-state index in [-0.39, 0.29) is 11.8 Å². The lowest BCUT2D eigenvalue weighted by molar-refractivity contribution is -0.139. The molecular formula is C13H12N2O2. The van der Waals surface area contributed by atoms with E-state index in [4.69, 9.17) is 5.26 Å². The molecule has 1 saturated heterocycles. The largest absolute Gasteiger partial charge is 0.278 e. The molecule has 1 aliphatic rings. The number of carbonyl (C=O) groups is 2. The zero-order valence-corrected chi connectivity index (χ0v) is 9.56. The maximum Gasteiger partial charge on any atom is 0.229 e. The Kier molecular flexibility index (Phi) is 2.92. The number of carbonyl (C=O) groups excluding carboxylic acids is 2. The molecule has 0 unspecified atom stereocenters. The van der Waals surface area contributed by atoms with Crippen molar-refractivity contribution in [3.8, 4) is 6.07 Å². The van der Waals surface area contributed by atoms with Gasteiger partial charge in [0.2, 0.25) is 11.8 Å². The summed E-state index contributed by atoms with van der Waals surface area (Å²) in [5.41, 5.74) is 2.43. The first-order chi connectivity index (χ1) is 8.11. The molecule has 1 heterocycles. The SMILES string of the molecule is Cc1cc(C#N)ccc1CN1C(=O)CCC1=O. The Morgan fingerprint density at radius 2 is 1.94 bits per heavy atom. The maximum atomic E-state index is 11.5. The topological polar surface area (TPSA) is 61.2 Å². The van der Waals surface area contributed by atoms with E-state index in [9.17, 15) is 9.59 Å². The lowest BCUT2D eigenvalue weighted by atomic mass is 10.1. The summed E-state index contributed by atoms with van der Waals surface area (Å²) in [6, 6.07) is 7.32. The standard InChI is InChI=1S/C13H12N2O2/c1-9-6-10(7-14)2-3-11(9)8-15-12(16)4-5-13(15)17/h2-3,6H,4-5,8H2,1H3. The molecule has 4 nitrogen and oxygen atoms in total. The number of nitrogens with zero attached hydrogens (tertiary/aromatic N) is 2. The van der Waals surface area contributed by atoms with E-state index < -0.39 is 0 Å². The van der Waals surface area contributed by atoms with Crippen LogP contribution in [0.4, 0.5) is 0 Å². The molecule has 0 N–H and O–H groups in total. The second kappa shape index (κ2) is 4.38. The number of hydrogen-bond donors (Lipinski definition) is 0. The Hall–Kier alpha value is -2.15. The van der Waals surface area contributed by atoms with E-state index in [1.54, 1.807) is 18.2 Å². The Balaban J connectivity index is 2.22. The number of aryl methyl sites for hydroxylation is 1. The van der Waals surface area contributed by atoms with Gasteiger partial charge < -0.3 is 0 Å². The van der Waals surface area contributed by atoms with Gasteiger partial charge in [0.05, 0.1) is 18.2 Å². The summed E-state index contributed by atoms with van der Waals surface area (Å²) in [5, 5.41) is 8.75. The van der Waals surface area contributed by atoms with E-state index in [1.807, 2.05) is 6.92 Å². The molecule has 2 amide bonds. The highest BCUT2D eigenvalue weighted by atomic mass is 16.2.